The van der Waals surface area contributed by atoms with Crippen molar-refractivity contribution < 1.29 is 9.15 Å². The predicted octanol–water partition coefficient (Wildman–Crippen LogP) is 3.59. The summed E-state index contributed by atoms with van der Waals surface area (Å²) < 4.78 is 10.9. The van der Waals surface area contributed by atoms with Crippen molar-refractivity contribution in [1.82, 2.24) is 25.4 Å². The lowest BCUT2D eigenvalue weighted by Crippen LogP contribution is -1.89. The molecule has 8 heteroatoms. The number of methoxy groups -OCH3 is 1. The van der Waals surface area contributed by atoms with Gasteiger partial charge in [0.05, 0.1) is 12.4 Å². The number of ether oxygens (including phenoxy) is 1. The summed E-state index contributed by atoms with van der Waals surface area (Å²) in [7, 11) is 1.64. The SMILES string of the molecule is COc1ccc(-c2nnc(C(C)Sc3n[nH]c(C4CC4)n3)o2)cc1. The largest absolute Gasteiger partial charge is 0.497 e. The van der Waals surface area contributed by atoms with Gasteiger partial charge in [0.25, 0.3) is 0 Å². The molecule has 0 radical (unpaired) electrons. The molecule has 24 heavy (non-hydrogen) atoms. The van der Waals surface area contributed by atoms with Gasteiger partial charge < -0.3 is 9.15 Å². The number of nitrogens with zero attached hydrogens (tertiary/aromatic N) is 4. The van der Waals surface area contributed by atoms with E-state index in [-0.39, 0.29) is 5.25 Å². The van der Waals surface area contributed by atoms with Crippen LogP contribution in [-0.2, 0) is 0 Å². The molecule has 124 valence electrons. The van der Waals surface area contributed by atoms with E-state index in [0.717, 1.165) is 17.1 Å². The minimum Gasteiger partial charge on any atom is -0.497 e. The highest BCUT2D eigenvalue weighted by Crippen LogP contribution is 2.39. The number of H-pyrrole nitrogens is 1. The van der Waals surface area contributed by atoms with Crippen LogP contribution in [0.2, 0.25) is 0 Å². The molecular weight excluding hydrogens is 326 g/mol. The van der Waals surface area contributed by atoms with Gasteiger partial charge in [-0.1, -0.05) is 11.8 Å². The summed E-state index contributed by atoms with van der Waals surface area (Å²) in [5, 5.41) is 16.2. The van der Waals surface area contributed by atoms with Gasteiger partial charge in [0.1, 0.15) is 11.6 Å². The van der Waals surface area contributed by atoms with E-state index in [2.05, 4.69) is 25.4 Å². The highest BCUT2D eigenvalue weighted by molar-refractivity contribution is 7.99. The summed E-state index contributed by atoms with van der Waals surface area (Å²) >= 11 is 1.51. The highest BCUT2D eigenvalue weighted by Gasteiger charge is 2.28. The number of hydrogen-bond acceptors (Lipinski definition) is 7. The highest BCUT2D eigenvalue weighted by atomic mass is 32.2. The Balaban J connectivity index is 1.46. The molecule has 1 aliphatic rings. The van der Waals surface area contributed by atoms with E-state index in [1.165, 1.54) is 24.6 Å². The standard InChI is InChI=1S/C16H17N5O2S/c1-9(24-16-17-13(18-21-16)10-3-4-10)14-19-20-15(23-14)11-5-7-12(22-2)8-6-11/h5-10H,3-4H2,1-2H3,(H,17,18,21). The molecule has 0 spiro atoms. The summed E-state index contributed by atoms with van der Waals surface area (Å²) in [6.45, 7) is 2.00. The first-order valence-corrected chi connectivity index (χ1v) is 8.67. The molecular formula is C16H17N5O2S. The molecule has 0 amide bonds. The second kappa shape index (κ2) is 6.27. The third kappa shape index (κ3) is 3.14. The normalized spacial score (nSPS) is 15.4. The first-order chi connectivity index (χ1) is 11.7. The number of aromatic amines is 1. The molecule has 0 bridgehead atoms. The zero-order valence-corrected chi connectivity index (χ0v) is 14.2. The number of aromatic nitrogens is 5. The van der Waals surface area contributed by atoms with Crippen molar-refractivity contribution in [3.63, 3.8) is 0 Å². The van der Waals surface area contributed by atoms with Crippen LogP contribution in [0.4, 0.5) is 0 Å². The fraction of sp³-hybridized carbons (Fsp3) is 0.375. The lowest BCUT2D eigenvalue weighted by molar-refractivity contribution is 0.415. The Bertz CT molecular complexity index is 825. The topological polar surface area (TPSA) is 89.7 Å². The fourth-order valence-electron chi connectivity index (χ4n) is 2.31. The third-order valence-electron chi connectivity index (χ3n) is 3.85. The van der Waals surface area contributed by atoms with Crippen molar-refractivity contribution in [2.24, 2.45) is 0 Å². The molecule has 4 rings (SSSR count). The molecule has 1 atom stereocenters. The Hall–Kier alpha value is -2.35. The van der Waals surface area contributed by atoms with E-state index in [1.807, 2.05) is 31.2 Å². The predicted molar refractivity (Wildman–Crippen MR) is 88.9 cm³/mol. The lowest BCUT2D eigenvalue weighted by Gasteiger charge is -2.02. The van der Waals surface area contributed by atoms with Crippen molar-refractivity contribution in [1.29, 1.82) is 0 Å². The monoisotopic (exact) mass is 343 g/mol. The summed E-state index contributed by atoms with van der Waals surface area (Å²) in [5.74, 6) is 3.39. The van der Waals surface area contributed by atoms with Gasteiger partial charge in [0, 0.05) is 11.5 Å². The van der Waals surface area contributed by atoms with E-state index in [0.29, 0.717) is 22.9 Å². The van der Waals surface area contributed by atoms with Gasteiger partial charge in [-0.3, -0.25) is 5.10 Å². The first-order valence-electron chi connectivity index (χ1n) is 7.79. The fourth-order valence-corrected chi connectivity index (χ4v) is 3.07. The quantitative estimate of drug-likeness (QED) is 0.684. The van der Waals surface area contributed by atoms with Crippen molar-refractivity contribution in [2.75, 3.05) is 7.11 Å². The number of nitrogens with one attached hydrogen (secondary N) is 1. The summed E-state index contributed by atoms with van der Waals surface area (Å²) in [6, 6.07) is 7.52. The summed E-state index contributed by atoms with van der Waals surface area (Å²) in [4.78, 5) is 4.51. The maximum absolute atomic E-state index is 5.79. The van der Waals surface area contributed by atoms with Gasteiger partial charge in [0.15, 0.2) is 0 Å². The molecule has 1 saturated carbocycles. The molecule has 1 aromatic carbocycles. The van der Waals surface area contributed by atoms with Crippen LogP contribution in [0.15, 0.2) is 33.8 Å². The maximum atomic E-state index is 5.79. The van der Waals surface area contributed by atoms with Gasteiger partial charge in [-0.15, -0.1) is 15.3 Å². The molecule has 1 unspecified atom stereocenters. The average molecular weight is 343 g/mol. The second-order valence-electron chi connectivity index (χ2n) is 5.71. The number of thioether (sulfide) groups is 1. The van der Waals surface area contributed by atoms with Crippen molar-refractivity contribution in [2.45, 2.75) is 36.1 Å². The molecule has 2 aromatic heterocycles. The van der Waals surface area contributed by atoms with E-state index >= 15 is 0 Å². The van der Waals surface area contributed by atoms with Gasteiger partial charge >= 0.3 is 0 Å². The Morgan fingerprint density at radius 3 is 2.75 bits per heavy atom. The first kappa shape index (κ1) is 15.2. The lowest BCUT2D eigenvalue weighted by atomic mass is 10.2. The Kier molecular flexibility index (Phi) is 3.97. The Labute approximate surface area is 143 Å². The molecule has 0 aliphatic heterocycles. The van der Waals surface area contributed by atoms with Crippen LogP contribution in [0.25, 0.3) is 11.5 Å². The van der Waals surface area contributed by atoms with E-state index in [9.17, 15) is 0 Å². The van der Waals surface area contributed by atoms with Crippen LogP contribution in [0, 0.1) is 0 Å². The second-order valence-corrected chi connectivity index (χ2v) is 7.02. The third-order valence-corrected chi connectivity index (χ3v) is 4.80. The molecule has 1 N–H and O–H groups in total. The Morgan fingerprint density at radius 2 is 2.04 bits per heavy atom. The van der Waals surface area contributed by atoms with E-state index in [1.54, 1.807) is 7.11 Å². The van der Waals surface area contributed by atoms with Crippen LogP contribution in [0.1, 0.15) is 42.6 Å². The summed E-state index contributed by atoms with van der Waals surface area (Å²) in [5.41, 5.74) is 0.862. The molecule has 3 aromatic rings. The van der Waals surface area contributed by atoms with Gasteiger partial charge in [-0.25, -0.2) is 4.98 Å². The Morgan fingerprint density at radius 1 is 1.25 bits per heavy atom. The minimum absolute atomic E-state index is 0.0210. The summed E-state index contributed by atoms with van der Waals surface area (Å²) in [6.07, 6.45) is 2.40. The van der Waals surface area contributed by atoms with Gasteiger partial charge in [-0.05, 0) is 44.0 Å². The number of benzene rings is 1. The van der Waals surface area contributed by atoms with Crippen molar-refractivity contribution in [3.05, 3.63) is 36.0 Å². The van der Waals surface area contributed by atoms with Crippen molar-refractivity contribution >= 4 is 11.8 Å². The maximum Gasteiger partial charge on any atom is 0.247 e. The van der Waals surface area contributed by atoms with Crippen LogP contribution in [0.5, 0.6) is 5.75 Å². The van der Waals surface area contributed by atoms with Gasteiger partial charge in [0.2, 0.25) is 16.9 Å². The zero-order chi connectivity index (χ0) is 16.5. The van der Waals surface area contributed by atoms with E-state index in [4.69, 9.17) is 9.15 Å². The molecule has 2 heterocycles. The molecule has 1 fully saturated rings. The average Bonchev–Trinajstić information content (AvgIpc) is 3.16. The minimum atomic E-state index is -0.0210. The zero-order valence-electron chi connectivity index (χ0n) is 13.4. The van der Waals surface area contributed by atoms with Crippen LogP contribution in [0.3, 0.4) is 0 Å². The van der Waals surface area contributed by atoms with Crippen molar-refractivity contribution in [3.8, 4) is 17.2 Å². The van der Waals surface area contributed by atoms with Crippen LogP contribution in [-0.4, -0.2) is 32.5 Å². The number of rotatable bonds is 6. The number of hydrogen-bond donors (Lipinski definition) is 1. The van der Waals surface area contributed by atoms with Crippen LogP contribution < -0.4 is 4.74 Å². The van der Waals surface area contributed by atoms with E-state index < -0.39 is 0 Å². The van der Waals surface area contributed by atoms with Crippen LogP contribution >= 0.6 is 11.8 Å². The molecule has 0 saturated heterocycles. The van der Waals surface area contributed by atoms with Gasteiger partial charge in [-0.2, -0.15) is 0 Å². The molecule has 7 nitrogen and oxygen atoms in total. The molecule has 1 aliphatic carbocycles. The smallest absolute Gasteiger partial charge is 0.247 e.